The summed E-state index contributed by atoms with van der Waals surface area (Å²) < 4.78 is 0. The maximum Gasteiger partial charge on any atom is 0.342 e. The summed E-state index contributed by atoms with van der Waals surface area (Å²) in [5, 5.41) is 85.9. The number of carbonyl (C=O) groups is 3. The van der Waals surface area contributed by atoms with Gasteiger partial charge in [-0.05, 0) is 30.0 Å². The lowest BCUT2D eigenvalue weighted by atomic mass is 9.55. The number of phenols is 1. The van der Waals surface area contributed by atoms with Crippen LogP contribution in [0, 0.1) is 0 Å². The van der Waals surface area contributed by atoms with Crippen molar-refractivity contribution in [2.24, 2.45) is 0 Å². The molecule has 0 aromatic heterocycles. The van der Waals surface area contributed by atoms with Gasteiger partial charge in [-0.15, -0.1) is 0 Å². The Kier molecular flexibility index (Phi) is 6.48. The number of rotatable bonds is 7. The second-order valence-electron chi connectivity index (χ2n) is 10.2. The zero-order valence-corrected chi connectivity index (χ0v) is 20.2. The third kappa shape index (κ3) is 3.68. The first-order valence-electron chi connectivity index (χ1n) is 12.1. The Balaban J connectivity index is 1.95. The Labute approximate surface area is 211 Å². The number of aliphatic hydroxyl groups is 6. The molecule has 0 radical (unpaired) electrons. The second-order valence-corrected chi connectivity index (χ2v) is 10.2. The van der Waals surface area contributed by atoms with Crippen LogP contribution in [0.15, 0.2) is 23.0 Å². The predicted molar refractivity (Wildman–Crippen MR) is 127 cm³/mol. The molecule has 0 spiro atoms. The first kappa shape index (κ1) is 26.8. The van der Waals surface area contributed by atoms with Crippen LogP contribution >= 0.6 is 0 Å². The third-order valence-electron chi connectivity index (χ3n) is 7.80. The molecule has 3 aliphatic rings. The number of aromatic hydroxyl groups is 1. The topological polar surface area (TPSA) is 213 Å². The van der Waals surface area contributed by atoms with Crippen LogP contribution in [0.1, 0.15) is 67.7 Å². The molecule has 0 aliphatic heterocycles. The van der Waals surface area contributed by atoms with Crippen molar-refractivity contribution in [3.05, 3.63) is 45.2 Å². The van der Waals surface area contributed by atoms with E-state index in [0.717, 1.165) is 25.7 Å². The lowest BCUT2D eigenvalue weighted by molar-refractivity contribution is -0.200. The van der Waals surface area contributed by atoms with E-state index in [-0.39, 0.29) is 16.7 Å². The molecule has 0 unspecified atom stereocenters. The van der Waals surface area contributed by atoms with E-state index < -0.39 is 88.6 Å². The average Bonchev–Trinajstić information content (AvgIpc) is 2.79. The van der Waals surface area contributed by atoms with Crippen molar-refractivity contribution >= 4 is 23.3 Å². The first-order valence-corrected chi connectivity index (χ1v) is 12.1. The predicted octanol–water partition coefficient (Wildman–Crippen LogP) is 0.868. The number of hydrogen-bond acceptors (Lipinski definition) is 10. The maximum atomic E-state index is 13.6. The summed E-state index contributed by atoms with van der Waals surface area (Å²) >= 11 is 0. The zero-order valence-electron chi connectivity index (χ0n) is 20.2. The minimum Gasteiger partial charge on any atom is -0.508 e. The number of fused-ring (bicyclic) bond motifs is 3. The van der Waals surface area contributed by atoms with E-state index in [4.69, 9.17) is 0 Å². The van der Waals surface area contributed by atoms with E-state index in [1.807, 2.05) is 6.92 Å². The molecular formula is C26H30O11. The summed E-state index contributed by atoms with van der Waals surface area (Å²) in [6, 6.07) is 1.54. The Morgan fingerprint density at radius 3 is 2.27 bits per heavy atom. The first-order chi connectivity index (χ1) is 17.3. The van der Waals surface area contributed by atoms with Crippen LogP contribution in [0.3, 0.4) is 0 Å². The molecule has 0 heterocycles. The molecule has 200 valence electrons. The summed E-state index contributed by atoms with van der Waals surface area (Å²) in [5.74, 6) is -7.86. The van der Waals surface area contributed by atoms with Gasteiger partial charge in [-0.2, -0.15) is 0 Å². The van der Waals surface area contributed by atoms with Crippen LogP contribution in [0.5, 0.6) is 5.75 Å². The van der Waals surface area contributed by atoms with Crippen LogP contribution in [-0.4, -0.2) is 75.2 Å². The van der Waals surface area contributed by atoms with Crippen LogP contribution < -0.4 is 0 Å². The normalized spacial score (nSPS) is 29.2. The highest BCUT2D eigenvalue weighted by Gasteiger charge is 2.71. The molecule has 1 aromatic carbocycles. The summed E-state index contributed by atoms with van der Waals surface area (Å²) in [5.41, 5.74) is -9.94. The minimum atomic E-state index is -3.35. The number of carboxylic acids is 1. The van der Waals surface area contributed by atoms with E-state index in [2.05, 4.69) is 0 Å². The molecule has 0 bridgehead atoms. The van der Waals surface area contributed by atoms with Crippen molar-refractivity contribution in [3.8, 4) is 5.75 Å². The van der Waals surface area contributed by atoms with Gasteiger partial charge in [-0.1, -0.05) is 26.2 Å². The number of ketones is 2. The average molecular weight is 519 g/mol. The van der Waals surface area contributed by atoms with E-state index in [9.17, 15) is 55.2 Å². The molecule has 1 fully saturated rings. The number of Topliss-reactive ketones (excluding diaryl/α,β-unsaturated/α-hetero) is 2. The quantitative estimate of drug-likeness (QED) is 0.187. The molecule has 3 atom stereocenters. The molecular weight excluding hydrogens is 488 g/mol. The zero-order chi connectivity index (χ0) is 27.5. The molecule has 11 heteroatoms. The highest BCUT2D eigenvalue weighted by Crippen LogP contribution is 2.56. The minimum absolute atomic E-state index is 0.0551. The summed E-state index contributed by atoms with van der Waals surface area (Å²) in [4.78, 5) is 37.6. The summed E-state index contributed by atoms with van der Waals surface area (Å²) in [6.07, 6.45) is 1.62. The smallest absolute Gasteiger partial charge is 0.342 e. The van der Waals surface area contributed by atoms with Crippen LogP contribution in [0.2, 0.25) is 0 Å². The Bertz CT molecular complexity index is 1280. The molecule has 3 aliphatic carbocycles. The number of aryl methyl sites for hydroxylation is 1. The number of benzene rings is 1. The summed E-state index contributed by atoms with van der Waals surface area (Å²) in [7, 11) is 0. The number of carbonyl (C=O) groups excluding carboxylic acids is 2. The molecule has 37 heavy (non-hydrogen) atoms. The molecule has 8 N–H and O–H groups in total. The van der Waals surface area contributed by atoms with Gasteiger partial charge in [0.15, 0.2) is 11.5 Å². The second kappa shape index (κ2) is 8.95. The van der Waals surface area contributed by atoms with Crippen LogP contribution in [0.4, 0.5) is 0 Å². The van der Waals surface area contributed by atoms with Gasteiger partial charge >= 0.3 is 5.97 Å². The van der Waals surface area contributed by atoms with E-state index in [0.29, 0.717) is 12.0 Å². The van der Waals surface area contributed by atoms with Crippen LogP contribution in [0.25, 0.3) is 5.76 Å². The largest absolute Gasteiger partial charge is 0.508 e. The fourth-order valence-electron chi connectivity index (χ4n) is 5.98. The van der Waals surface area contributed by atoms with Crippen LogP contribution in [-0.2, 0) is 33.8 Å². The van der Waals surface area contributed by atoms with Crippen molar-refractivity contribution in [3.63, 3.8) is 0 Å². The van der Waals surface area contributed by atoms with Crippen molar-refractivity contribution < 1.29 is 55.2 Å². The van der Waals surface area contributed by atoms with Gasteiger partial charge in [0, 0.05) is 24.8 Å². The number of hydrogen-bond donors (Lipinski definition) is 8. The highest BCUT2D eigenvalue weighted by atomic mass is 16.4. The van der Waals surface area contributed by atoms with Gasteiger partial charge in [0.1, 0.15) is 28.3 Å². The Hall–Kier alpha value is -3.25. The standard InChI is InChI=1S/C26H30O11/c1-2-3-4-5-6-12-7-13(10-27)19(29)16-14(12)8-24(35)11-25(36)9-15(28)17(23(33)34)21(31)26(25,37)22(32)18(24)20(16)30/h7,27,29-31,35-37H,2-6,8-11H2,1H3,(H,33,34)/t24-,25+,26-/m0/s1. The molecule has 0 saturated heterocycles. The van der Waals surface area contributed by atoms with Gasteiger partial charge in [0.25, 0.3) is 0 Å². The number of carboxylic acid groups (broad SMARTS) is 1. The van der Waals surface area contributed by atoms with Gasteiger partial charge in [0.05, 0.1) is 17.7 Å². The monoisotopic (exact) mass is 518 g/mol. The molecule has 4 rings (SSSR count). The van der Waals surface area contributed by atoms with Crippen molar-refractivity contribution in [1.82, 2.24) is 0 Å². The lowest BCUT2D eigenvalue weighted by Gasteiger charge is -2.54. The third-order valence-corrected chi connectivity index (χ3v) is 7.80. The van der Waals surface area contributed by atoms with E-state index in [1.165, 1.54) is 6.07 Å². The van der Waals surface area contributed by atoms with Gasteiger partial charge in [-0.25, -0.2) is 4.79 Å². The lowest BCUT2D eigenvalue weighted by Crippen LogP contribution is -2.72. The fourth-order valence-corrected chi connectivity index (χ4v) is 5.98. The number of aliphatic hydroxyl groups excluding tert-OH is 3. The fraction of sp³-hybridized carbons (Fsp3) is 0.500. The van der Waals surface area contributed by atoms with Gasteiger partial charge in [-0.3, -0.25) is 9.59 Å². The van der Waals surface area contributed by atoms with Crippen molar-refractivity contribution in [2.75, 3.05) is 0 Å². The van der Waals surface area contributed by atoms with Crippen molar-refractivity contribution in [1.29, 1.82) is 0 Å². The molecule has 1 aromatic rings. The Morgan fingerprint density at radius 1 is 1.00 bits per heavy atom. The van der Waals surface area contributed by atoms with Crippen molar-refractivity contribution in [2.45, 2.75) is 81.7 Å². The Morgan fingerprint density at radius 2 is 1.68 bits per heavy atom. The highest BCUT2D eigenvalue weighted by molar-refractivity contribution is 6.22. The van der Waals surface area contributed by atoms with E-state index >= 15 is 0 Å². The SMILES string of the molecule is CCCCCCc1cc(CO)c(O)c2c1C[C@]1(O)C[C@]3(O)CC(=O)C(C(=O)O)=C(O)[C@]3(O)C(=O)C1=C2O. The number of aliphatic carboxylic acids is 1. The van der Waals surface area contributed by atoms with Gasteiger partial charge < -0.3 is 40.9 Å². The summed E-state index contributed by atoms with van der Waals surface area (Å²) in [6.45, 7) is 1.44. The molecule has 11 nitrogen and oxygen atoms in total. The van der Waals surface area contributed by atoms with E-state index in [1.54, 1.807) is 0 Å². The maximum absolute atomic E-state index is 13.6. The molecule has 1 saturated carbocycles. The molecule has 0 amide bonds. The van der Waals surface area contributed by atoms with Gasteiger partial charge in [0.2, 0.25) is 11.4 Å². The number of unbranched alkanes of at least 4 members (excludes halogenated alkanes) is 3.